The molecule has 0 bridgehead atoms. The van der Waals surface area contributed by atoms with Gasteiger partial charge in [-0.15, -0.1) is 0 Å². The number of thiocarbonyl (C=S) groups is 1. The van der Waals surface area contributed by atoms with Crippen LogP contribution >= 0.6 is 12.2 Å². The van der Waals surface area contributed by atoms with Crippen LogP contribution in [0.4, 0.5) is 4.39 Å². The molecule has 0 saturated carbocycles. The Morgan fingerprint density at radius 2 is 1.64 bits per heavy atom. The van der Waals surface area contributed by atoms with Gasteiger partial charge in [-0.25, -0.2) is 4.39 Å². The molecule has 0 aliphatic carbocycles. The van der Waals surface area contributed by atoms with Gasteiger partial charge in [-0.1, -0.05) is 43.3 Å². The van der Waals surface area contributed by atoms with Gasteiger partial charge in [0.2, 0.25) is 0 Å². The lowest BCUT2D eigenvalue weighted by molar-refractivity contribution is 0.626. The maximum absolute atomic E-state index is 12.8. The maximum Gasteiger partial charge on any atom is 0.167 e. The summed E-state index contributed by atoms with van der Waals surface area (Å²) in [6, 6.07) is 15.1. The Labute approximate surface area is 136 Å². The third kappa shape index (κ3) is 4.81. The zero-order valence-corrected chi connectivity index (χ0v) is 13.7. The van der Waals surface area contributed by atoms with Crippen molar-refractivity contribution in [3.8, 4) is 0 Å². The Kier molecular flexibility index (Phi) is 5.90. The van der Waals surface area contributed by atoms with Crippen LogP contribution in [-0.4, -0.2) is 5.11 Å². The minimum absolute atomic E-state index is 0.138. The molecule has 2 aromatic carbocycles. The van der Waals surface area contributed by atoms with Crippen molar-refractivity contribution in [2.45, 2.75) is 32.9 Å². The van der Waals surface area contributed by atoms with Crippen molar-refractivity contribution >= 4 is 17.3 Å². The van der Waals surface area contributed by atoms with Gasteiger partial charge >= 0.3 is 0 Å². The van der Waals surface area contributed by atoms with E-state index in [2.05, 4.69) is 48.7 Å². The predicted octanol–water partition coefficient (Wildman–Crippen LogP) is 4.11. The van der Waals surface area contributed by atoms with Gasteiger partial charge in [-0.2, -0.15) is 0 Å². The van der Waals surface area contributed by atoms with Crippen LogP contribution in [-0.2, 0) is 13.0 Å². The monoisotopic (exact) mass is 316 g/mol. The number of hydrogen-bond donors (Lipinski definition) is 2. The molecule has 2 aromatic rings. The van der Waals surface area contributed by atoms with Crippen molar-refractivity contribution in [2.75, 3.05) is 0 Å². The highest BCUT2D eigenvalue weighted by molar-refractivity contribution is 7.80. The third-order valence-corrected chi connectivity index (χ3v) is 3.86. The summed E-state index contributed by atoms with van der Waals surface area (Å²) in [5.41, 5.74) is 3.52. The Morgan fingerprint density at radius 1 is 1.05 bits per heavy atom. The van der Waals surface area contributed by atoms with Crippen LogP contribution in [0.3, 0.4) is 0 Å². The summed E-state index contributed by atoms with van der Waals surface area (Å²) < 4.78 is 12.8. The summed E-state index contributed by atoms with van der Waals surface area (Å²) in [6.07, 6.45) is 1.04. The molecule has 0 unspecified atom stereocenters. The Hall–Kier alpha value is -1.94. The number of halogens is 1. The number of nitrogens with one attached hydrogen (secondary N) is 2. The zero-order chi connectivity index (χ0) is 15.9. The fourth-order valence-electron chi connectivity index (χ4n) is 2.16. The minimum Gasteiger partial charge on any atom is -0.359 e. The van der Waals surface area contributed by atoms with Crippen LogP contribution < -0.4 is 10.6 Å². The summed E-state index contributed by atoms with van der Waals surface area (Å²) in [5, 5.41) is 6.99. The molecule has 0 saturated heterocycles. The van der Waals surface area contributed by atoms with E-state index in [-0.39, 0.29) is 11.9 Å². The van der Waals surface area contributed by atoms with E-state index < -0.39 is 0 Å². The largest absolute Gasteiger partial charge is 0.359 e. The van der Waals surface area contributed by atoms with Crippen LogP contribution in [0.5, 0.6) is 0 Å². The Morgan fingerprint density at radius 3 is 2.23 bits per heavy atom. The van der Waals surface area contributed by atoms with Gasteiger partial charge in [0.05, 0.1) is 6.04 Å². The third-order valence-electron chi connectivity index (χ3n) is 3.60. The smallest absolute Gasteiger partial charge is 0.167 e. The molecule has 0 heterocycles. The summed E-state index contributed by atoms with van der Waals surface area (Å²) in [7, 11) is 0. The predicted molar refractivity (Wildman–Crippen MR) is 93.2 cm³/mol. The molecule has 0 amide bonds. The average molecular weight is 316 g/mol. The van der Waals surface area contributed by atoms with E-state index in [1.54, 1.807) is 12.1 Å². The van der Waals surface area contributed by atoms with E-state index in [1.165, 1.54) is 23.3 Å². The van der Waals surface area contributed by atoms with Crippen molar-refractivity contribution < 1.29 is 4.39 Å². The maximum atomic E-state index is 12.8. The molecular formula is C18H21FN2S. The van der Waals surface area contributed by atoms with E-state index in [4.69, 9.17) is 12.2 Å². The molecule has 0 spiro atoms. The minimum atomic E-state index is -0.228. The first-order valence-electron chi connectivity index (χ1n) is 7.46. The number of rotatable bonds is 5. The fourth-order valence-corrected chi connectivity index (χ4v) is 2.41. The summed E-state index contributed by atoms with van der Waals surface area (Å²) in [4.78, 5) is 0. The van der Waals surface area contributed by atoms with Crippen LogP contribution in [0.1, 0.15) is 36.6 Å². The second-order valence-electron chi connectivity index (χ2n) is 5.27. The molecule has 2 nitrogen and oxygen atoms in total. The Balaban J connectivity index is 1.83. The second-order valence-corrected chi connectivity index (χ2v) is 5.68. The molecule has 22 heavy (non-hydrogen) atoms. The van der Waals surface area contributed by atoms with Gasteiger partial charge in [0, 0.05) is 6.54 Å². The molecule has 1 atom stereocenters. The van der Waals surface area contributed by atoms with Gasteiger partial charge < -0.3 is 10.6 Å². The first kappa shape index (κ1) is 16.4. The molecule has 0 aliphatic heterocycles. The first-order chi connectivity index (χ1) is 10.6. The van der Waals surface area contributed by atoms with E-state index in [9.17, 15) is 4.39 Å². The van der Waals surface area contributed by atoms with Gasteiger partial charge in [0.1, 0.15) is 5.82 Å². The van der Waals surface area contributed by atoms with E-state index >= 15 is 0 Å². The van der Waals surface area contributed by atoms with Crippen LogP contribution in [0, 0.1) is 5.82 Å². The van der Waals surface area contributed by atoms with Crippen molar-refractivity contribution in [1.29, 1.82) is 0 Å². The number of aryl methyl sites for hydroxylation is 1. The summed E-state index contributed by atoms with van der Waals surface area (Å²) >= 11 is 5.31. The lowest BCUT2D eigenvalue weighted by atomic mass is 10.1. The molecule has 0 radical (unpaired) electrons. The lowest BCUT2D eigenvalue weighted by Gasteiger charge is -2.17. The molecule has 0 fully saturated rings. The van der Waals surface area contributed by atoms with E-state index in [0.717, 1.165) is 12.0 Å². The standard InChI is InChI=1S/C18H21FN2S/c1-3-14-4-8-16(9-5-14)13(2)21-18(22)20-12-15-6-10-17(19)11-7-15/h4-11,13H,3,12H2,1-2H3,(H2,20,21,22)/t13-/m1/s1. The van der Waals surface area contributed by atoms with Gasteiger partial charge in [0.25, 0.3) is 0 Å². The molecule has 0 aliphatic rings. The summed E-state index contributed by atoms with van der Waals surface area (Å²) in [5.74, 6) is -0.228. The average Bonchev–Trinajstić information content (AvgIpc) is 2.54. The topological polar surface area (TPSA) is 24.1 Å². The highest BCUT2D eigenvalue weighted by Crippen LogP contribution is 2.13. The van der Waals surface area contributed by atoms with Crippen molar-refractivity contribution in [2.24, 2.45) is 0 Å². The quantitative estimate of drug-likeness (QED) is 0.812. The van der Waals surface area contributed by atoms with E-state index in [0.29, 0.717) is 11.7 Å². The number of hydrogen-bond acceptors (Lipinski definition) is 1. The molecule has 2 N–H and O–H groups in total. The van der Waals surface area contributed by atoms with Crippen molar-refractivity contribution in [3.63, 3.8) is 0 Å². The molecular weight excluding hydrogens is 295 g/mol. The van der Waals surface area contributed by atoms with Gasteiger partial charge in [-0.3, -0.25) is 0 Å². The van der Waals surface area contributed by atoms with Gasteiger partial charge in [-0.05, 0) is 54.4 Å². The Bertz CT molecular complexity index is 608. The number of benzene rings is 2. The highest BCUT2D eigenvalue weighted by Gasteiger charge is 2.06. The van der Waals surface area contributed by atoms with Crippen LogP contribution in [0.2, 0.25) is 0 Å². The fraction of sp³-hybridized carbons (Fsp3) is 0.278. The lowest BCUT2D eigenvalue weighted by Crippen LogP contribution is -2.36. The van der Waals surface area contributed by atoms with Gasteiger partial charge in [0.15, 0.2) is 5.11 Å². The second kappa shape index (κ2) is 7.90. The van der Waals surface area contributed by atoms with Crippen LogP contribution in [0.25, 0.3) is 0 Å². The van der Waals surface area contributed by atoms with Crippen molar-refractivity contribution in [1.82, 2.24) is 10.6 Å². The molecule has 116 valence electrons. The normalized spacial score (nSPS) is 11.8. The summed E-state index contributed by atoms with van der Waals surface area (Å²) in [6.45, 7) is 4.80. The first-order valence-corrected chi connectivity index (χ1v) is 7.87. The zero-order valence-electron chi connectivity index (χ0n) is 12.9. The van der Waals surface area contributed by atoms with Crippen LogP contribution in [0.15, 0.2) is 48.5 Å². The molecule has 0 aromatic heterocycles. The SMILES string of the molecule is CCc1ccc([C@@H](C)NC(=S)NCc2ccc(F)cc2)cc1. The molecule has 2 rings (SSSR count). The van der Waals surface area contributed by atoms with E-state index in [1.807, 2.05) is 0 Å². The molecule has 4 heteroatoms. The highest BCUT2D eigenvalue weighted by atomic mass is 32.1. The van der Waals surface area contributed by atoms with Crippen molar-refractivity contribution in [3.05, 3.63) is 71.0 Å².